The van der Waals surface area contributed by atoms with Gasteiger partial charge in [-0.3, -0.25) is 15.0 Å². The van der Waals surface area contributed by atoms with Crippen LogP contribution in [0.3, 0.4) is 0 Å². The van der Waals surface area contributed by atoms with Crippen molar-refractivity contribution in [3.05, 3.63) is 32.0 Å². The number of rotatable bonds is 0. The molecule has 0 atom stereocenters. The molecule has 0 aliphatic carbocycles. The molecule has 0 radical (unpaired) electrons. The van der Waals surface area contributed by atoms with Gasteiger partial charge in [-0.2, -0.15) is 0 Å². The van der Waals surface area contributed by atoms with Gasteiger partial charge >= 0.3 is 0 Å². The predicted octanol–water partition coefficient (Wildman–Crippen LogP) is 2.27. The van der Waals surface area contributed by atoms with Crippen molar-refractivity contribution < 1.29 is 0 Å². The van der Waals surface area contributed by atoms with Crippen molar-refractivity contribution in [3.8, 4) is 0 Å². The number of aromatic amines is 2. The second-order valence-corrected chi connectivity index (χ2v) is 3.71. The molecule has 1 aromatic heterocycles. The van der Waals surface area contributed by atoms with Gasteiger partial charge in [-0.15, -0.1) is 0 Å². The van der Waals surface area contributed by atoms with E-state index in [4.69, 9.17) is 11.6 Å². The molecule has 0 bridgehead atoms. The molecule has 1 aromatic carbocycles. The van der Waals surface area contributed by atoms with Crippen LogP contribution in [0.15, 0.2) is 21.4 Å². The largest absolute Gasteiger partial charge is 0.297 e. The fourth-order valence-corrected chi connectivity index (χ4v) is 1.98. The molecule has 0 spiro atoms. The van der Waals surface area contributed by atoms with Gasteiger partial charge in [-0.25, -0.2) is 0 Å². The van der Waals surface area contributed by atoms with Gasteiger partial charge in [0, 0.05) is 4.47 Å². The zero-order valence-corrected chi connectivity index (χ0v) is 8.16. The van der Waals surface area contributed by atoms with Crippen LogP contribution in [0.25, 0.3) is 10.9 Å². The molecule has 0 unspecified atom stereocenters. The first-order chi connectivity index (χ1) is 5.68. The van der Waals surface area contributed by atoms with Gasteiger partial charge in [-0.1, -0.05) is 27.5 Å². The molecule has 0 aliphatic heterocycles. The standard InChI is InChI=1S/C7H4BrClN2O/c8-3-1-4(9)6-5(2-3)10-11-7(6)12/h1-2H,(H2,10,11,12). The highest BCUT2D eigenvalue weighted by Gasteiger charge is 2.05. The molecular weight excluding hydrogens is 243 g/mol. The van der Waals surface area contributed by atoms with Crippen molar-refractivity contribution in [1.29, 1.82) is 0 Å². The topological polar surface area (TPSA) is 48.6 Å². The average Bonchev–Trinajstić information content (AvgIpc) is 2.31. The normalized spacial score (nSPS) is 10.8. The Morgan fingerprint density at radius 3 is 2.83 bits per heavy atom. The third kappa shape index (κ3) is 1.07. The van der Waals surface area contributed by atoms with Crippen molar-refractivity contribution in [1.82, 2.24) is 10.2 Å². The molecule has 0 saturated heterocycles. The molecule has 2 rings (SSSR count). The number of halogens is 2. The number of aromatic nitrogens is 2. The lowest BCUT2D eigenvalue weighted by molar-refractivity contribution is 1.08. The van der Waals surface area contributed by atoms with Gasteiger partial charge in [0.2, 0.25) is 0 Å². The van der Waals surface area contributed by atoms with E-state index in [2.05, 4.69) is 26.1 Å². The van der Waals surface area contributed by atoms with E-state index in [1.165, 1.54) is 0 Å². The molecule has 0 saturated carbocycles. The van der Waals surface area contributed by atoms with Crippen molar-refractivity contribution in [2.75, 3.05) is 0 Å². The van der Waals surface area contributed by atoms with Crippen LogP contribution in [0.4, 0.5) is 0 Å². The Kier molecular flexibility index (Phi) is 1.73. The second kappa shape index (κ2) is 2.64. The Morgan fingerprint density at radius 1 is 1.33 bits per heavy atom. The summed E-state index contributed by atoms with van der Waals surface area (Å²) in [6, 6.07) is 3.48. The van der Waals surface area contributed by atoms with Crippen LogP contribution >= 0.6 is 27.5 Å². The zero-order chi connectivity index (χ0) is 8.72. The van der Waals surface area contributed by atoms with Crippen LogP contribution in [0.1, 0.15) is 0 Å². The first-order valence-electron chi connectivity index (χ1n) is 3.24. The molecule has 12 heavy (non-hydrogen) atoms. The first-order valence-corrected chi connectivity index (χ1v) is 4.41. The summed E-state index contributed by atoms with van der Waals surface area (Å²) in [5.74, 6) is 0. The maximum atomic E-state index is 11.1. The summed E-state index contributed by atoms with van der Waals surface area (Å²) in [5.41, 5.74) is 0.516. The fraction of sp³-hybridized carbons (Fsp3) is 0. The van der Waals surface area contributed by atoms with Crippen LogP contribution in [-0.2, 0) is 0 Å². The van der Waals surface area contributed by atoms with E-state index in [-0.39, 0.29) is 5.56 Å². The zero-order valence-electron chi connectivity index (χ0n) is 5.82. The number of benzene rings is 1. The molecule has 1 heterocycles. The van der Waals surface area contributed by atoms with Crippen LogP contribution in [0.5, 0.6) is 0 Å². The highest BCUT2D eigenvalue weighted by molar-refractivity contribution is 9.10. The average molecular weight is 247 g/mol. The summed E-state index contributed by atoms with van der Waals surface area (Å²) in [7, 11) is 0. The highest BCUT2D eigenvalue weighted by atomic mass is 79.9. The molecule has 2 N–H and O–H groups in total. The minimum absolute atomic E-state index is 0.192. The smallest absolute Gasteiger partial charge is 0.273 e. The summed E-state index contributed by atoms with van der Waals surface area (Å²) in [6.45, 7) is 0. The molecular formula is C7H4BrClN2O. The summed E-state index contributed by atoms with van der Waals surface area (Å²) in [6.07, 6.45) is 0. The lowest BCUT2D eigenvalue weighted by Gasteiger charge is -1.92. The molecule has 0 amide bonds. The fourth-order valence-electron chi connectivity index (χ4n) is 1.09. The van der Waals surface area contributed by atoms with E-state index in [0.29, 0.717) is 15.9 Å². The van der Waals surface area contributed by atoms with E-state index in [0.717, 1.165) is 4.47 Å². The van der Waals surface area contributed by atoms with Crippen molar-refractivity contribution in [3.63, 3.8) is 0 Å². The number of nitrogens with one attached hydrogen (secondary N) is 2. The van der Waals surface area contributed by atoms with Gasteiger partial charge in [-0.05, 0) is 12.1 Å². The van der Waals surface area contributed by atoms with Gasteiger partial charge in [0.05, 0.1) is 15.9 Å². The van der Waals surface area contributed by atoms with Crippen LogP contribution < -0.4 is 5.56 Å². The lowest BCUT2D eigenvalue weighted by Crippen LogP contribution is -1.97. The van der Waals surface area contributed by atoms with E-state index in [9.17, 15) is 4.79 Å². The maximum Gasteiger partial charge on any atom is 0.273 e. The summed E-state index contributed by atoms with van der Waals surface area (Å²) in [4.78, 5) is 11.1. The Balaban J connectivity index is 3.03. The molecule has 0 fully saturated rings. The quantitative estimate of drug-likeness (QED) is 0.737. The third-order valence-electron chi connectivity index (χ3n) is 1.59. The summed E-state index contributed by atoms with van der Waals surface area (Å²) >= 11 is 9.11. The number of fused-ring (bicyclic) bond motifs is 1. The van der Waals surface area contributed by atoms with Gasteiger partial charge in [0.15, 0.2) is 0 Å². The lowest BCUT2D eigenvalue weighted by atomic mass is 10.2. The van der Waals surface area contributed by atoms with Crippen molar-refractivity contribution in [2.24, 2.45) is 0 Å². The molecule has 2 aromatic rings. The van der Waals surface area contributed by atoms with Crippen molar-refractivity contribution in [2.45, 2.75) is 0 Å². The second-order valence-electron chi connectivity index (χ2n) is 2.39. The number of H-pyrrole nitrogens is 2. The Hall–Kier alpha value is -0.740. The van der Waals surface area contributed by atoms with E-state index in [1.807, 2.05) is 0 Å². The molecule has 5 heteroatoms. The monoisotopic (exact) mass is 246 g/mol. The maximum absolute atomic E-state index is 11.1. The van der Waals surface area contributed by atoms with E-state index in [1.54, 1.807) is 12.1 Å². The van der Waals surface area contributed by atoms with E-state index >= 15 is 0 Å². The van der Waals surface area contributed by atoms with Crippen LogP contribution in [0, 0.1) is 0 Å². The van der Waals surface area contributed by atoms with Gasteiger partial charge < -0.3 is 0 Å². The summed E-state index contributed by atoms with van der Waals surface area (Å²) in [5, 5.41) is 6.12. The predicted molar refractivity (Wildman–Crippen MR) is 51.6 cm³/mol. The Bertz CT molecular complexity index is 488. The molecule has 3 nitrogen and oxygen atoms in total. The Labute approximate surface area is 80.8 Å². The Morgan fingerprint density at radius 2 is 2.08 bits per heavy atom. The number of hydrogen-bond acceptors (Lipinski definition) is 1. The van der Waals surface area contributed by atoms with Gasteiger partial charge in [0.25, 0.3) is 5.56 Å². The third-order valence-corrected chi connectivity index (χ3v) is 2.35. The summed E-state index contributed by atoms with van der Waals surface area (Å²) < 4.78 is 0.843. The first kappa shape index (κ1) is 7.89. The minimum Gasteiger partial charge on any atom is -0.297 e. The van der Waals surface area contributed by atoms with E-state index < -0.39 is 0 Å². The minimum atomic E-state index is -0.192. The molecule has 0 aliphatic rings. The van der Waals surface area contributed by atoms with Crippen molar-refractivity contribution >= 4 is 38.4 Å². The molecule has 62 valence electrons. The van der Waals surface area contributed by atoms with Gasteiger partial charge in [0.1, 0.15) is 0 Å². The number of hydrogen-bond donors (Lipinski definition) is 2. The highest BCUT2D eigenvalue weighted by Crippen LogP contribution is 2.23. The van der Waals surface area contributed by atoms with Crippen LogP contribution in [0.2, 0.25) is 5.02 Å². The van der Waals surface area contributed by atoms with Crippen LogP contribution in [-0.4, -0.2) is 10.2 Å². The SMILES string of the molecule is O=c1[nH][nH]c2cc(Br)cc(Cl)c12.